The van der Waals surface area contributed by atoms with Crippen LogP contribution in [0.4, 0.5) is 0 Å². The van der Waals surface area contributed by atoms with E-state index in [0.717, 1.165) is 11.9 Å². The Labute approximate surface area is 90.1 Å². The van der Waals surface area contributed by atoms with Crippen molar-refractivity contribution in [1.82, 2.24) is 11.1 Å². The van der Waals surface area contributed by atoms with Crippen molar-refractivity contribution in [2.24, 2.45) is 5.14 Å². The number of hydrogen-bond donors (Lipinski definition) is 2. The van der Waals surface area contributed by atoms with Gasteiger partial charge in [0.1, 0.15) is 0 Å². The van der Waals surface area contributed by atoms with Gasteiger partial charge in [-0.05, 0) is 11.9 Å². The zero-order valence-electron chi connectivity index (χ0n) is 7.06. The number of nitrogens with two attached hydrogens (primary N) is 1. The molecule has 1 aliphatic heterocycles. The summed E-state index contributed by atoms with van der Waals surface area (Å²) in [5.41, 5.74) is 0. The average molecular weight is 241 g/mol. The van der Waals surface area contributed by atoms with E-state index in [0.29, 0.717) is 16.0 Å². The van der Waals surface area contributed by atoms with E-state index in [-0.39, 0.29) is 6.15 Å². The number of rotatable bonds is 1. The lowest BCUT2D eigenvalue weighted by Crippen LogP contribution is -2.47. The molecule has 0 radical (unpaired) electrons. The molecule has 1 saturated heterocycles. The quantitative estimate of drug-likeness (QED) is 0.465. The number of carbonyl (C=O) groups excluding carboxylic acids is 1. The Morgan fingerprint density at radius 2 is 2.38 bits per heavy atom. The van der Waals surface area contributed by atoms with Crippen molar-refractivity contribution < 1.29 is 9.90 Å². The van der Waals surface area contributed by atoms with Crippen LogP contribution in [0.15, 0.2) is 0 Å². The highest BCUT2D eigenvalue weighted by molar-refractivity contribution is 8.21. The number of carbonyl (C=O) groups is 1. The Balaban J connectivity index is 0.00000144. The first-order valence-electron chi connectivity index (χ1n) is 3.12. The zero-order chi connectivity index (χ0) is 9.14. The molecule has 1 aliphatic rings. The van der Waals surface area contributed by atoms with Crippen LogP contribution >= 0.6 is 35.9 Å². The van der Waals surface area contributed by atoms with E-state index in [1.807, 2.05) is 0 Å². The minimum Gasteiger partial charge on any atom is -0.548 e. The molecule has 0 aliphatic carbocycles. The van der Waals surface area contributed by atoms with Crippen LogP contribution in [-0.4, -0.2) is 32.9 Å². The molecule has 0 aromatic carbocycles. The van der Waals surface area contributed by atoms with Crippen LogP contribution < -0.4 is 16.4 Å². The largest absolute Gasteiger partial charge is 0.548 e. The standard InChI is InChI=1S/C5H8N2O2S3.H3N/c6-12-5(10)7-2-11-1-3(7)4(8)9;/h3H,1-2,6H2,(H,8,9);1H3. The van der Waals surface area contributed by atoms with Crippen molar-refractivity contribution in [3.63, 3.8) is 0 Å². The van der Waals surface area contributed by atoms with Crippen molar-refractivity contribution in [3.05, 3.63) is 0 Å². The Kier molecular flexibility index (Phi) is 5.65. The smallest absolute Gasteiger partial charge is 0.152 e. The van der Waals surface area contributed by atoms with E-state index in [1.165, 1.54) is 11.8 Å². The SMILES string of the molecule is NSC(=S)N1CSCC1C(=O)[O-].[NH4+]. The van der Waals surface area contributed by atoms with Gasteiger partial charge in [0.05, 0.1) is 17.9 Å². The fourth-order valence-electron chi connectivity index (χ4n) is 0.886. The first kappa shape index (κ1) is 13.0. The van der Waals surface area contributed by atoms with E-state index in [9.17, 15) is 9.90 Å². The molecule has 0 aromatic heterocycles. The number of carboxylic acids is 1. The molecule has 0 bridgehead atoms. The van der Waals surface area contributed by atoms with Crippen LogP contribution in [0.2, 0.25) is 0 Å². The number of nitrogens with zero attached hydrogens (tertiary/aromatic N) is 1. The summed E-state index contributed by atoms with van der Waals surface area (Å²) >= 11 is 7.28. The second-order valence-electron chi connectivity index (χ2n) is 2.19. The highest BCUT2D eigenvalue weighted by Gasteiger charge is 2.27. The normalized spacial score (nSPS) is 21.0. The molecule has 0 saturated carbocycles. The Bertz CT molecular complexity index is 213. The van der Waals surface area contributed by atoms with Gasteiger partial charge in [-0.15, -0.1) is 11.8 Å². The molecule has 1 unspecified atom stereocenters. The Morgan fingerprint density at radius 1 is 1.77 bits per heavy atom. The molecule has 1 heterocycles. The molecule has 1 atom stereocenters. The molecule has 5 nitrogen and oxygen atoms in total. The summed E-state index contributed by atoms with van der Waals surface area (Å²) < 4.78 is 0.411. The first-order chi connectivity index (χ1) is 5.66. The molecule has 1 rings (SSSR count). The van der Waals surface area contributed by atoms with E-state index < -0.39 is 12.0 Å². The molecule has 6 N–H and O–H groups in total. The maximum absolute atomic E-state index is 10.6. The second-order valence-corrected chi connectivity index (χ2v) is 4.46. The van der Waals surface area contributed by atoms with Crippen molar-refractivity contribution in [2.75, 3.05) is 11.6 Å². The highest BCUT2D eigenvalue weighted by atomic mass is 32.2. The number of thiocarbonyl (C=S) groups is 1. The number of aliphatic carboxylic acids is 1. The number of carboxylic acid groups (broad SMARTS) is 1. The van der Waals surface area contributed by atoms with Gasteiger partial charge in [0.2, 0.25) is 0 Å². The molecule has 0 amide bonds. The Hall–Kier alpha value is -0.0200. The summed E-state index contributed by atoms with van der Waals surface area (Å²) in [5, 5.41) is 15.8. The third kappa shape index (κ3) is 2.99. The fourth-order valence-corrected chi connectivity index (χ4v) is 2.72. The van der Waals surface area contributed by atoms with E-state index >= 15 is 0 Å². The summed E-state index contributed by atoms with van der Waals surface area (Å²) in [7, 11) is 0. The van der Waals surface area contributed by atoms with E-state index in [2.05, 4.69) is 0 Å². The minimum atomic E-state index is -1.09. The number of quaternary nitrogens is 1. The second kappa shape index (κ2) is 5.66. The van der Waals surface area contributed by atoms with Gasteiger partial charge < -0.3 is 21.0 Å². The van der Waals surface area contributed by atoms with Gasteiger partial charge in [0.25, 0.3) is 0 Å². The predicted molar refractivity (Wildman–Crippen MR) is 58.3 cm³/mol. The van der Waals surface area contributed by atoms with Gasteiger partial charge in [0.15, 0.2) is 4.32 Å². The molecule has 0 spiro atoms. The van der Waals surface area contributed by atoms with Crippen molar-refractivity contribution in [3.8, 4) is 0 Å². The molecular weight excluding hydrogens is 230 g/mol. The predicted octanol–water partition coefficient (Wildman–Crippen LogP) is -0.621. The number of thioether (sulfide) groups is 1. The molecular formula is C5H11N3O2S3. The zero-order valence-corrected chi connectivity index (χ0v) is 9.51. The topological polar surface area (TPSA) is 106 Å². The Morgan fingerprint density at radius 3 is 2.85 bits per heavy atom. The molecule has 0 aromatic rings. The summed E-state index contributed by atoms with van der Waals surface area (Å²) in [6.45, 7) is 0. The van der Waals surface area contributed by atoms with Crippen LogP contribution in [0, 0.1) is 0 Å². The van der Waals surface area contributed by atoms with E-state index in [1.54, 1.807) is 4.90 Å². The summed E-state index contributed by atoms with van der Waals surface area (Å²) in [6, 6.07) is -0.612. The van der Waals surface area contributed by atoms with Crippen LogP contribution in [0.25, 0.3) is 0 Å². The maximum Gasteiger partial charge on any atom is 0.152 e. The maximum atomic E-state index is 10.6. The van der Waals surface area contributed by atoms with Crippen LogP contribution in [-0.2, 0) is 4.79 Å². The van der Waals surface area contributed by atoms with Crippen LogP contribution in [0.1, 0.15) is 0 Å². The van der Waals surface area contributed by atoms with Crippen LogP contribution in [0.3, 0.4) is 0 Å². The van der Waals surface area contributed by atoms with Gasteiger partial charge in [-0.25, -0.2) is 0 Å². The monoisotopic (exact) mass is 241 g/mol. The summed E-state index contributed by atoms with van der Waals surface area (Å²) in [5.74, 6) is 0.0152. The van der Waals surface area contributed by atoms with Gasteiger partial charge in [-0.1, -0.05) is 12.2 Å². The third-order valence-electron chi connectivity index (χ3n) is 1.49. The minimum absolute atomic E-state index is 0. The molecule has 76 valence electrons. The van der Waals surface area contributed by atoms with Gasteiger partial charge in [-0.3, -0.25) is 5.14 Å². The van der Waals surface area contributed by atoms with Crippen molar-refractivity contribution in [1.29, 1.82) is 0 Å². The van der Waals surface area contributed by atoms with Crippen molar-refractivity contribution >= 4 is 46.2 Å². The number of hydrogen-bond acceptors (Lipinski definition) is 6. The lowest BCUT2D eigenvalue weighted by molar-refractivity contribution is -0.309. The van der Waals surface area contributed by atoms with Crippen molar-refractivity contribution in [2.45, 2.75) is 6.04 Å². The van der Waals surface area contributed by atoms with Gasteiger partial charge in [0, 0.05) is 5.75 Å². The van der Waals surface area contributed by atoms with Gasteiger partial charge in [-0.2, -0.15) is 0 Å². The molecule has 8 heteroatoms. The average Bonchev–Trinajstić information content (AvgIpc) is 2.50. The lowest BCUT2D eigenvalue weighted by atomic mass is 10.3. The highest BCUT2D eigenvalue weighted by Crippen LogP contribution is 2.23. The lowest BCUT2D eigenvalue weighted by Gasteiger charge is -2.25. The summed E-state index contributed by atoms with van der Waals surface area (Å²) in [6.07, 6.45) is 0. The molecule has 1 fully saturated rings. The third-order valence-corrected chi connectivity index (χ3v) is 3.46. The molecule has 13 heavy (non-hydrogen) atoms. The first-order valence-corrected chi connectivity index (χ1v) is 5.57. The fraction of sp³-hybridized carbons (Fsp3) is 0.600. The van der Waals surface area contributed by atoms with Gasteiger partial charge >= 0.3 is 0 Å². The van der Waals surface area contributed by atoms with Crippen LogP contribution in [0.5, 0.6) is 0 Å². The van der Waals surface area contributed by atoms with E-state index in [4.69, 9.17) is 17.4 Å². The summed E-state index contributed by atoms with van der Waals surface area (Å²) in [4.78, 5) is 12.1.